The number of halogens is 1. The molecule has 134 valence electrons. The summed E-state index contributed by atoms with van der Waals surface area (Å²) in [6, 6.07) is 15.1. The number of para-hydroxylation sites is 1. The summed E-state index contributed by atoms with van der Waals surface area (Å²) in [5, 5.41) is 3.45. The van der Waals surface area contributed by atoms with E-state index in [0.717, 1.165) is 20.3 Å². The summed E-state index contributed by atoms with van der Waals surface area (Å²) in [6.07, 6.45) is 3.27. The van der Waals surface area contributed by atoms with Crippen LogP contribution >= 0.6 is 27.3 Å². The minimum Gasteiger partial charge on any atom is -0.496 e. The number of hydrogen-bond donors (Lipinski definition) is 1. The van der Waals surface area contributed by atoms with E-state index in [9.17, 15) is 4.79 Å². The molecule has 4 aromatic rings. The Labute approximate surface area is 168 Å². The molecule has 5 nitrogen and oxygen atoms in total. The van der Waals surface area contributed by atoms with Crippen LogP contribution in [-0.2, 0) is 0 Å². The first-order valence-corrected chi connectivity index (χ1v) is 9.71. The second kappa shape index (κ2) is 7.46. The van der Waals surface area contributed by atoms with Gasteiger partial charge in [0.15, 0.2) is 5.13 Å². The highest BCUT2D eigenvalue weighted by Crippen LogP contribution is 2.33. The Hall–Kier alpha value is -2.77. The molecule has 4 rings (SSSR count). The lowest BCUT2D eigenvalue weighted by atomic mass is 10.0. The van der Waals surface area contributed by atoms with Crippen molar-refractivity contribution < 1.29 is 9.53 Å². The molecular formula is C20H14BrN3O2S. The topological polar surface area (TPSA) is 64.1 Å². The number of nitrogens with one attached hydrogen (secondary N) is 1. The van der Waals surface area contributed by atoms with Gasteiger partial charge in [-0.05, 0) is 30.3 Å². The van der Waals surface area contributed by atoms with Gasteiger partial charge in [0.25, 0.3) is 5.91 Å². The van der Waals surface area contributed by atoms with Crippen LogP contribution in [0.3, 0.4) is 0 Å². The smallest absolute Gasteiger partial charge is 0.258 e. The van der Waals surface area contributed by atoms with Gasteiger partial charge in [0.1, 0.15) is 5.75 Å². The Morgan fingerprint density at radius 3 is 2.85 bits per heavy atom. The fourth-order valence-corrected chi connectivity index (χ4v) is 4.20. The number of aromatic nitrogens is 2. The number of fused-ring (bicyclic) bond motifs is 1. The maximum atomic E-state index is 12.9. The molecule has 27 heavy (non-hydrogen) atoms. The minimum absolute atomic E-state index is 0.239. The number of rotatable bonds is 4. The van der Waals surface area contributed by atoms with Crippen molar-refractivity contribution in [3.8, 4) is 16.9 Å². The average molecular weight is 440 g/mol. The van der Waals surface area contributed by atoms with Gasteiger partial charge in [-0.25, -0.2) is 4.98 Å². The van der Waals surface area contributed by atoms with Crippen molar-refractivity contribution in [1.29, 1.82) is 0 Å². The number of amides is 1. The summed E-state index contributed by atoms with van der Waals surface area (Å²) in [6.45, 7) is 0. The molecule has 2 heterocycles. The number of anilines is 1. The predicted octanol–water partition coefficient (Wildman–Crippen LogP) is 5.38. The molecule has 1 amide bonds. The van der Waals surface area contributed by atoms with E-state index in [1.165, 1.54) is 11.3 Å². The maximum Gasteiger partial charge on any atom is 0.258 e. The van der Waals surface area contributed by atoms with Crippen LogP contribution in [0.5, 0.6) is 5.75 Å². The van der Waals surface area contributed by atoms with Gasteiger partial charge in [0, 0.05) is 28.0 Å². The van der Waals surface area contributed by atoms with Gasteiger partial charge in [-0.3, -0.25) is 15.1 Å². The zero-order valence-corrected chi connectivity index (χ0v) is 16.7. The van der Waals surface area contributed by atoms with E-state index < -0.39 is 0 Å². The highest BCUT2D eigenvalue weighted by atomic mass is 79.9. The molecule has 0 fully saturated rings. The Morgan fingerprint density at radius 1 is 1.15 bits per heavy atom. The van der Waals surface area contributed by atoms with Crippen molar-refractivity contribution in [1.82, 2.24) is 9.97 Å². The first-order chi connectivity index (χ1) is 13.2. The maximum absolute atomic E-state index is 12.9. The predicted molar refractivity (Wildman–Crippen MR) is 111 cm³/mol. The molecule has 0 aliphatic carbocycles. The molecule has 0 bridgehead atoms. The van der Waals surface area contributed by atoms with Gasteiger partial charge in [-0.1, -0.05) is 45.5 Å². The molecule has 7 heteroatoms. The van der Waals surface area contributed by atoms with Gasteiger partial charge >= 0.3 is 0 Å². The lowest BCUT2D eigenvalue weighted by molar-refractivity contribution is 0.102. The van der Waals surface area contributed by atoms with Gasteiger partial charge in [0.2, 0.25) is 0 Å². The van der Waals surface area contributed by atoms with Crippen molar-refractivity contribution in [2.24, 2.45) is 0 Å². The van der Waals surface area contributed by atoms with E-state index in [4.69, 9.17) is 4.74 Å². The Bertz CT molecular complexity index is 1140. The molecule has 0 radical (unpaired) electrons. The van der Waals surface area contributed by atoms with E-state index in [1.54, 1.807) is 25.6 Å². The van der Waals surface area contributed by atoms with Crippen LogP contribution in [0.4, 0.5) is 5.13 Å². The fraction of sp³-hybridized carbons (Fsp3) is 0.0500. The highest BCUT2D eigenvalue weighted by molar-refractivity contribution is 9.10. The van der Waals surface area contributed by atoms with Crippen LogP contribution in [0.15, 0.2) is 65.4 Å². The molecule has 0 unspecified atom stereocenters. The van der Waals surface area contributed by atoms with Crippen LogP contribution in [0.2, 0.25) is 0 Å². The van der Waals surface area contributed by atoms with Gasteiger partial charge in [-0.2, -0.15) is 0 Å². The number of thiazole rings is 1. The summed E-state index contributed by atoms with van der Waals surface area (Å²) < 4.78 is 7.41. The number of hydrogen-bond acceptors (Lipinski definition) is 5. The Kier molecular flexibility index (Phi) is 4.87. The number of carbonyl (C=O) groups excluding carboxylic acids is 1. The van der Waals surface area contributed by atoms with Crippen LogP contribution in [-0.4, -0.2) is 23.0 Å². The lowest BCUT2D eigenvalue weighted by Crippen LogP contribution is -2.13. The molecule has 0 atom stereocenters. The number of benzene rings is 2. The van der Waals surface area contributed by atoms with Crippen molar-refractivity contribution >= 4 is 48.5 Å². The first kappa shape index (κ1) is 17.6. The summed E-state index contributed by atoms with van der Waals surface area (Å²) in [5.41, 5.74) is 2.87. The van der Waals surface area contributed by atoms with E-state index in [-0.39, 0.29) is 5.91 Å². The SMILES string of the molecule is COc1ccccc1-c1cnccc1C(=O)Nc1nc2ccc(Br)cc2s1. The van der Waals surface area contributed by atoms with E-state index >= 15 is 0 Å². The Morgan fingerprint density at radius 2 is 2.00 bits per heavy atom. The molecule has 2 aromatic heterocycles. The molecular weight excluding hydrogens is 426 g/mol. The summed E-state index contributed by atoms with van der Waals surface area (Å²) in [4.78, 5) is 21.6. The van der Waals surface area contributed by atoms with Crippen molar-refractivity contribution in [3.05, 3.63) is 71.0 Å². The molecule has 0 saturated heterocycles. The number of ether oxygens (including phenoxy) is 1. The van der Waals surface area contributed by atoms with Crippen LogP contribution in [0.25, 0.3) is 21.3 Å². The number of nitrogens with zero attached hydrogens (tertiary/aromatic N) is 2. The largest absolute Gasteiger partial charge is 0.496 e. The molecule has 2 aromatic carbocycles. The monoisotopic (exact) mass is 439 g/mol. The quantitative estimate of drug-likeness (QED) is 0.463. The molecule has 0 aliphatic rings. The van der Waals surface area contributed by atoms with E-state index in [1.807, 2.05) is 42.5 Å². The zero-order chi connectivity index (χ0) is 18.8. The standard InChI is InChI=1S/C20H14BrN3O2S/c1-26-17-5-3-2-4-13(17)15-11-22-9-8-14(15)19(25)24-20-23-16-7-6-12(21)10-18(16)27-20/h2-11H,1H3,(H,23,24,25). The third-order valence-electron chi connectivity index (χ3n) is 4.03. The number of methoxy groups -OCH3 is 1. The average Bonchev–Trinajstić information content (AvgIpc) is 3.09. The molecule has 0 saturated carbocycles. The van der Waals surface area contributed by atoms with Gasteiger partial charge in [0.05, 0.1) is 22.9 Å². The Balaban J connectivity index is 1.70. The van der Waals surface area contributed by atoms with Crippen LogP contribution in [0, 0.1) is 0 Å². The summed E-state index contributed by atoms with van der Waals surface area (Å²) >= 11 is 4.88. The van der Waals surface area contributed by atoms with E-state index in [0.29, 0.717) is 22.0 Å². The summed E-state index contributed by atoms with van der Waals surface area (Å²) in [5.74, 6) is 0.445. The number of pyridine rings is 1. The lowest BCUT2D eigenvalue weighted by Gasteiger charge is -2.12. The normalized spacial score (nSPS) is 10.7. The third-order valence-corrected chi connectivity index (χ3v) is 5.46. The van der Waals surface area contributed by atoms with E-state index in [2.05, 4.69) is 31.2 Å². The molecule has 1 N–H and O–H groups in total. The first-order valence-electron chi connectivity index (χ1n) is 8.10. The zero-order valence-electron chi connectivity index (χ0n) is 14.3. The minimum atomic E-state index is -0.239. The third kappa shape index (κ3) is 3.56. The fourth-order valence-electron chi connectivity index (χ4n) is 2.79. The van der Waals surface area contributed by atoms with Crippen molar-refractivity contribution in [3.63, 3.8) is 0 Å². The highest BCUT2D eigenvalue weighted by Gasteiger charge is 2.17. The second-order valence-corrected chi connectivity index (χ2v) is 7.65. The molecule has 0 spiro atoms. The van der Waals surface area contributed by atoms with Crippen molar-refractivity contribution in [2.45, 2.75) is 0 Å². The molecule has 0 aliphatic heterocycles. The van der Waals surface area contributed by atoms with Gasteiger partial charge in [-0.15, -0.1) is 0 Å². The van der Waals surface area contributed by atoms with Crippen LogP contribution < -0.4 is 10.1 Å². The number of carbonyl (C=O) groups is 1. The van der Waals surface area contributed by atoms with Crippen molar-refractivity contribution in [2.75, 3.05) is 12.4 Å². The summed E-state index contributed by atoms with van der Waals surface area (Å²) in [7, 11) is 1.61. The van der Waals surface area contributed by atoms with Gasteiger partial charge < -0.3 is 4.74 Å². The second-order valence-electron chi connectivity index (χ2n) is 5.71. The van der Waals surface area contributed by atoms with Crippen LogP contribution in [0.1, 0.15) is 10.4 Å².